The highest BCUT2D eigenvalue weighted by atomic mass is 16.5. The smallest absolute Gasteiger partial charge is 0.122 e. The predicted molar refractivity (Wildman–Crippen MR) is 69.1 cm³/mol. The molecule has 0 saturated heterocycles. The van der Waals surface area contributed by atoms with Gasteiger partial charge in [0.1, 0.15) is 5.75 Å². The Morgan fingerprint density at radius 1 is 1.38 bits per heavy atom. The quantitative estimate of drug-likeness (QED) is 0.800. The number of aryl methyl sites for hydroxylation is 1. The van der Waals surface area contributed by atoms with Crippen LogP contribution in [0, 0.1) is 6.92 Å². The molecule has 0 heterocycles. The summed E-state index contributed by atoms with van der Waals surface area (Å²) in [5.74, 6) is 1.59. The van der Waals surface area contributed by atoms with Crippen molar-refractivity contribution in [2.24, 2.45) is 5.73 Å². The molecule has 1 aromatic rings. The van der Waals surface area contributed by atoms with Crippen LogP contribution in [-0.4, -0.2) is 13.7 Å². The Bertz CT molecular complexity index is 323. The lowest BCUT2D eigenvalue weighted by molar-refractivity contribution is 0.401. The van der Waals surface area contributed by atoms with Crippen LogP contribution >= 0.6 is 0 Å². The van der Waals surface area contributed by atoms with Crippen LogP contribution < -0.4 is 10.5 Å². The third-order valence-corrected chi connectivity index (χ3v) is 3.16. The van der Waals surface area contributed by atoms with Gasteiger partial charge in [0, 0.05) is 5.56 Å². The van der Waals surface area contributed by atoms with E-state index in [2.05, 4.69) is 19.9 Å². The Kier molecular flexibility index (Phi) is 5.33. The third kappa shape index (κ3) is 2.99. The fraction of sp³-hybridized carbons (Fsp3) is 0.571. The Hall–Kier alpha value is -1.02. The largest absolute Gasteiger partial charge is 0.496 e. The highest BCUT2D eigenvalue weighted by molar-refractivity contribution is 5.42. The van der Waals surface area contributed by atoms with Crippen molar-refractivity contribution < 1.29 is 4.74 Å². The number of methoxy groups -OCH3 is 1. The second kappa shape index (κ2) is 6.54. The highest BCUT2D eigenvalue weighted by Gasteiger charge is 2.16. The maximum absolute atomic E-state index is 5.59. The van der Waals surface area contributed by atoms with Crippen LogP contribution in [0.3, 0.4) is 0 Å². The molecule has 1 atom stereocenters. The molecule has 0 amide bonds. The third-order valence-electron chi connectivity index (χ3n) is 3.16. The number of hydrogen-bond donors (Lipinski definition) is 1. The molecule has 2 nitrogen and oxygen atoms in total. The van der Waals surface area contributed by atoms with Gasteiger partial charge in [-0.25, -0.2) is 0 Å². The van der Waals surface area contributed by atoms with Crippen molar-refractivity contribution in [3.63, 3.8) is 0 Å². The Morgan fingerprint density at radius 2 is 2.12 bits per heavy atom. The van der Waals surface area contributed by atoms with Crippen molar-refractivity contribution in [3.8, 4) is 5.75 Å². The lowest BCUT2D eigenvalue weighted by atomic mass is 9.88. The van der Waals surface area contributed by atoms with Crippen molar-refractivity contribution in [3.05, 3.63) is 29.3 Å². The van der Waals surface area contributed by atoms with Crippen molar-refractivity contribution in [2.45, 2.75) is 39.0 Å². The average Bonchev–Trinajstić information content (AvgIpc) is 2.31. The van der Waals surface area contributed by atoms with Gasteiger partial charge in [-0.1, -0.05) is 19.1 Å². The molecule has 0 aliphatic heterocycles. The summed E-state index contributed by atoms with van der Waals surface area (Å²) in [6.45, 7) is 5.15. The van der Waals surface area contributed by atoms with Gasteiger partial charge >= 0.3 is 0 Å². The predicted octanol–water partition coefficient (Wildman–Crippen LogP) is 3.24. The van der Waals surface area contributed by atoms with Gasteiger partial charge in [-0.15, -0.1) is 0 Å². The van der Waals surface area contributed by atoms with Gasteiger partial charge < -0.3 is 10.5 Å². The van der Waals surface area contributed by atoms with Crippen LogP contribution in [0.25, 0.3) is 0 Å². The number of hydrogen-bond acceptors (Lipinski definition) is 2. The first-order chi connectivity index (χ1) is 7.74. The maximum atomic E-state index is 5.59. The van der Waals surface area contributed by atoms with E-state index in [1.165, 1.54) is 11.1 Å². The van der Waals surface area contributed by atoms with Gasteiger partial charge in [-0.2, -0.15) is 0 Å². The molecule has 0 bridgehead atoms. The molecule has 0 aliphatic rings. The zero-order valence-corrected chi connectivity index (χ0v) is 10.6. The SMILES string of the molecule is CCC(CCCN)c1c(C)cccc1OC. The number of rotatable bonds is 6. The van der Waals surface area contributed by atoms with Crippen molar-refractivity contribution in [1.29, 1.82) is 0 Å². The molecule has 0 fully saturated rings. The molecule has 1 aromatic carbocycles. The van der Waals surface area contributed by atoms with Gasteiger partial charge in [0.25, 0.3) is 0 Å². The van der Waals surface area contributed by atoms with Gasteiger partial charge in [-0.05, 0) is 50.3 Å². The van der Waals surface area contributed by atoms with Crippen LogP contribution in [0.5, 0.6) is 5.75 Å². The standard InChI is InChI=1S/C14H23NO/c1-4-12(8-6-10-15)14-11(2)7-5-9-13(14)16-3/h5,7,9,12H,4,6,8,10,15H2,1-3H3. The summed E-state index contributed by atoms with van der Waals surface area (Å²) >= 11 is 0. The second-order valence-electron chi connectivity index (χ2n) is 4.23. The first kappa shape index (κ1) is 13.0. The lowest BCUT2D eigenvalue weighted by Gasteiger charge is -2.20. The van der Waals surface area contributed by atoms with Gasteiger partial charge in [0.15, 0.2) is 0 Å². The molecule has 0 aliphatic carbocycles. The molecule has 0 saturated carbocycles. The van der Waals surface area contributed by atoms with E-state index in [0.717, 1.165) is 31.6 Å². The number of nitrogens with two attached hydrogens (primary N) is 1. The Morgan fingerprint density at radius 3 is 2.69 bits per heavy atom. The van der Waals surface area contributed by atoms with E-state index in [-0.39, 0.29) is 0 Å². The first-order valence-corrected chi connectivity index (χ1v) is 6.08. The van der Waals surface area contributed by atoms with E-state index >= 15 is 0 Å². The van der Waals surface area contributed by atoms with Crippen LogP contribution in [-0.2, 0) is 0 Å². The number of ether oxygens (including phenoxy) is 1. The zero-order valence-electron chi connectivity index (χ0n) is 10.6. The lowest BCUT2D eigenvalue weighted by Crippen LogP contribution is -2.06. The summed E-state index contributed by atoms with van der Waals surface area (Å²) in [6, 6.07) is 6.25. The van der Waals surface area contributed by atoms with Crippen molar-refractivity contribution in [2.75, 3.05) is 13.7 Å². The normalized spacial score (nSPS) is 12.5. The molecule has 2 N–H and O–H groups in total. The summed E-state index contributed by atoms with van der Waals surface area (Å²) in [7, 11) is 1.74. The molecule has 0 radical (unpaired) electrons. The fourth-order valence-electron chi connectivity index (χ4n) is 2.27. The van der Waals surface area contributed by atoms with E-state index < -0.39 is 0 Å². The van der Waals surface area contributed by atoms with E-state index in [0.29, 0.717) is 5.92 Å². The fourth-order valence-corrected chi connectivity index (χ4v) is 2.27. The molecule has 0 spiro atoms. The monoisotopic (exact) mass is 221 g/mol. The number of benzene rings is 1. The Balaban J connectivity index is 2.97. The van der Waals surface area contributed by atoms with E-state index in [4.69, 9.17) is 10.5 Å². The minimum absolute atomic E-state index is 0.569. The minimum Gasteiger partial charge on any atom is -0.496 e. The van der Waals surface area contributed by atoms with E-state index in [1.54, 1.807) is 7.11 Å². The van der Waals surface area contributed by atoms with Crippen LogP contribution in [0.15, 0.2) is 18.2 Å². The molecule has 90 valence electrons. The Labute approximate surface area is 98.8 Å². The van der Waals surface area contributed by atoms with Gasteiger partial charge in [0.2, 0.25) is 0 Å². The van der Waals surface area contributed by atoms with E-state index in [9.17, 15) is 0 Å². The average molecular weight is 221 g/mol. The minimum atomic E-state index is 0.569. The maximum Gasteiger partial charge on any atom is 0.122 e. The van der Waals surface area contributed by atoms with Gasteiger partial charge in [0.05, 0.1) is 7.11 Å². The molecule has 16 heavy (non-hydrogen) atoms. The summed E-state index contributed by atoms with van der Waals surface area (Å²) in [5, 5.41) is 0. The van der Waals surface area contributed by atoms with Crippen LogP contribution in [0.2, 0.25) is 0 Å². The molecular formula is C14H23NO. The summed E-state index contributed by atoms with van der Waals surface area (Å²) < 4.78 is 5.46. The molecule has 1 unspecified atom stereocenters. The zero-order chi connectivity index (χ0) is 12.0. The topological polar surface area (TPSA) is 35.2 Å². The van der Waals surface area contributed by atoms with E-state index in [1.807, 2.05) is 12.1 Å². The molecule has 1 rings (SSSR count). The molecular weight excluding hydrogens is 198 g/mol. The van der Waals surface area contributed by atoms with Crippen molar-refractivity contribution >= 4 is 0 Å². The first-order valence-electron chi connectivity index (χ1n) is 6.08. The van der Waals surface area contributed by atoms with Crippen LogP contribution in [0.4, 0.5) is 0 Å². The van der Waals surface area contributed by atoms with Gasteiger partial charge in [-0.3, -0.25) is 0 Å². The second-order valence-corrected chi connectivity index (χ2v) is 4.23. The van der Waals surface area contributed by atoms with Crippen LogP contribution in [0.1, 0.15) is 43.2 Å². The highest BCUT2D eigenvalue weighted by Crippen LogP contribution is 2.34. The summed E-state index contributed by atoms with van der Waals surface area (Å²) in [4.78, 5) is 0. The summed E-state index contributed by atoms with van der Waals surface area (Å²) in [5.41, 5.74) is 8.27. The molecule has 0 aromatic heterocycles. The summed E-state index contributed by atoms with van der Waals surface area (Å²) in [6.07, 6.45) is 3.37. The molecule has 2 heteroatoms. The van der Waals surface area contributed by atoms with Crippen molar-refractivity contribution in [1.82, 2.24) is 0 Å².